The Kier molecular flexibility index (Phi) is 8.96. The minimum Gasteiger partial charge on any atom is -0.317 e. The van der Waals surface area contributed by atoms with Crippen molar-refractivity contribution >= 4 is 6.29 Å². The highest BCUT2D eigenvalue weighted by molar-refractivity contribution is 5.63. The van der Waals surface area contributed by atoms with Gasteiger partial charge in [0.2, 0.25) is 0 Å². The van der Waals surface area contributed by atoms with Crippen LogP contribution < -0.4 is 5.32 Å². The van der Waals surface area contributed by atoms with E-state index in [1.165, 1.54) is 70.3 Å². The summed E-state index contributed by atoms with van der Waals surface area (Å²) >= 11 is 0. The third kappa shape index (κ3) is 4.89. The summed E-state index contributed by atoms with van der Waals surface area (Å²) in [5, 5.41) is 3.64. The zero-order valence-electron chi connectivity index (χ0n) is 22.9. The number of hydrogen-bond donors (Lipinski definition) is 1. The second kappa shape index (κ2) is 11.0. The molecular formula is C31H55NO. The smallest absolute Gasteiger partial charge is 0.142 e. The average Bonchev–Trinajstić information content (AvgIpc) is 3.28. The van der Waals surface area contributed by atoms with Gasteiger partial charge in [-0.3, -0.25) is 4.79 Å². The molecule has 33 heavy (non-hydrogen) atoms. The summed E-state index contributed by atoms with van der Waals surface area (Å²) < 4.78 is 0. The molecule has 0 aliphatic heterocycles. The monoisotopic (exact) mass is 457 g/mol. The molecule has 190 valence electrons. The standard InChI is InChI=1S/C28H51N.C3H4O/c1-20(2)9-7-10-21(3)24-12-13-25-26(24,4)17-18-28(25)15-8-11-22-19-23(29-6)14-16-27(22,28)5;1-2-3-4/h20-25,29H,7-19H2,1-6H3;2-3H,1H2/t21-,22?,23?,24?,25?,26?,27?,28?;/m1./s1. The van der Waals surface area contributed by atoms with Crippen molar-refractivity contribution in [3.8, 4) is 0 Å². The Morgan fingerprint density at radius 3 is 2.36 bits per heavy atom. The van der Waals surface area contributed by atoms with Crippen molar-refractivity contribution in [2.24, 2.45) is 45.8 Å². The van der Waals surface area contributed by atoms with Gasteiger partial charge in [-0.25, -0.2) is 0 Å². The first-order valence-electron chi connectivity index (χ1n) is 14.4. The lowest BCUT2D eigenvalue weighted by atomic mass is 9.44. The Morgan fingerprint density at radius 2 is 1.73 bits per heavy atom. The lowest BCUT2D eigenvalue weighted by Gasteiger charge is -2.61. The van der Waals surface area contributed by atoms with Crippen LogP contribution in [-0.2, 0) is 4.79 Å². The molecule has 4 saturated carbocycles. The van der Waals surface area contributed by atoms with E-state index in [9.17, 15) is 0 Å². The fourth-order valence-electron chi connectivity index (χ4n) is 9.87. The molecule has 4 aliphatic rings. The van der Waals surface area contributed by atoms with Crippen molar-refractivity contribution in [2.75, 3.05) is 7.05 Å². The number of hydrogen-bond acceptors (Lipinski definition) is 2. The maximum Gasteiger partial charge on any atom is 0.142 e. The van der Waals surface area contributed by atoms with E-state index in [0.717, 1.165) is 35.6 Å². The molecule has 0 heterocycles. The van der Waals surface area contributed by atoms with Crippen molar-refractivity contribution in [1.29, 1.82) is 0 Å². The molecule has 8 atom stereocenters. The minimum absolute atomic E-state index is 0.622. The number of carbonyl (C=O) groups excluding carboxylic acids is 1. The van der Waals surface area contributed by atoms with Crippen LogP contribution in [0.4, 0.5) is 0 Å². The maximum absolute atomic E-state index is 9.06. The van der Waals surface area contributed by atoms with Crippen LogP contribution in [0.3, 0.4) is 0 Å². The highest BCUT2D eigenvalue weighted by atomic mass is 16.1. The third-order valence-electron chi connectivity index (χ3n) is 11.6. The molecule has 4 fully saturated rings. The zero-order chi connectivity index (χ0) is 24.3. The summed E-state index contributed by atoms with van der Waals surface area (Å²) in [6, 6.07) is 0.785. The molecular weight excluding hydrogens is 402 g/mol. The van der Waals surface area contributed by atoms with E-state index in [1.54, 1.807) is 19.3 Å². The topological polar surface area (TPSA) is 29.1 Å². The largest absolute Gasteiger partial charge is 0.317 e. The molecule has 0 aromatic heterocycles. The van der Waals surface area contributed by atoms with E-state index >= 15 is 0 Å². The van der Waals surface area contributed by atoms with Crippen LogP contribution in [0.5, 0.6) is 0 Å². The van der Waals surface area contributed by atoms with Crippen molar-refractivity contribution in [2.45, 2.75) is 124 Å². The van der Waals surface area contributed by atoms with Gasteiger partial charge < -0.3 is 5.32 Å². The Morgan fingerprint density at radius 1 is 1.00 bits per heavy atom. The van der Waals surface area contributed by atoms with Gasteiger partial charge in [0, 0.05) is 6.04 Å². The molecule has 4 aliphatic carbocycles. The van der Waals surface area contributed by atoms with E-state index in [0.29, 0.717) is 22.5 Å². The summed E-state index contributed by atoms with van der Waals surface area (Å²) in [6.45, 7) is 16.0. The van der Waals surface area contributed by atoms with Gasteiger partial charge in [-0.05, 0) is 117 Å². The van der Waals surface area contributed by atoms with Gasteiger partial charge in [0.05, 0.1) is 0 Å². The predicted octanol–water partition coefficient (Wildman–Crippen LogP) is 8.21. The summed E-state index contributed by atoms with van der Waals surface area (Å²) in [5.41, 5.74) is 1.94. The van der Waals surface area contributed by atoms with Crippen LogP contribution in [0.1, 0.15) is 118 Å². The number of allylic oxidation sites excluding steroid dienone is 1. The van der Waals surface area contributed by atoms with Gasteiger partial charge in [0.25, 0.3) is 0 Å². The van der Waals surface area contributed by atoms with Crippen molar-refractivity contribution in [1.82, 2.24) is 5.32 Å². The Labute approximate surface area is 206 Å². The highest BCUT2D eigenvalue weighted by Gasteiger charge is 2.68. The van der Waals surface area contributed by atoms with Gasteiger partial charge in [-0.1, -0.05) is 66.9 Å². The summed E-state index contributed by atoms with van der Waals surface area (Å²) in [4.78, 5) is 9.06. The third-order valence-corrected chi connectivity index (χ3v) is 11.6. The van der Waals surface area contributed by atoms with Gasteiger partial charge in [-0.2, -0.15) is 0 Å². The summed E-state index contributed by atoms with van der Waals surface area (Å²) in [6.07, 6.45) is 21.3. The number of aldehydes is 1. The molecule has 0 saturated heterocycles. The van der Waals surface area contributed by atoms with Crippen LogP contribution in [0.2, 0.25) is 0 Å². The quantitative estimate of drug-likeness (QED) is 0.308. The number of fused-ring (bicyclic) bond motifs is 4. The van der Waals surface area contributed by atoms with Gasteiger partial charge in [0.1, 0.15) is 6.29 Å². The molecule has 1 spiro atoms. The Hall–Kier alpha value is -0.630. The molecule has 0 amide bonds. The van der Waals surface area contributed by atoms with Crippen LogP contribution in [0.25, 0.3) is 0 Å². The SMILES string of the molecule is C=CC=O.CNC1CCC2(C)C(CCCC23CCC2(C)C([C@H](C)CCCC(C)C)CCC23)C1. The molecule has 2 heteroatoms. The molecule has 0 bridgehead atoms. The van der Waals surface area contributed by atoms with Crippen LogP contribution in [-0.4, -0.2) is 19.4 Å². The molecule has 0 aromatic carbocycles. The molecule has 7 unspecified atom stereocenters. The van der Waals surface area contributed by atoms with E-state index in [4.69, 9.17) is 4.79 Å². The van der Waals surface area contributed by atoms with E-state index < -0.39 is 0 Å². The first kappa shape index (κ1) is 27.0. The first-order valence-corrected chi connectivity index (χ1v) is 14.4. The Balaban J connectivity index is 0.000000709. The van der Waals surface area contributed by atoms with Crippen LogP contribution in [0, 0.1) is 45.8 Å². The number of nitrogens with one attached hydrogen (secondary N) is 1. The van der Waals surface area contributed by atoms with Gasteiger partial charge in [0.15, 0.2) is 0 Å². The maximum atomic E-state index is 9.06. The van der Waals surface area contributed by atoms with Crippen LogP contribution >= 0.6 is 0 Å². The van der Waals surface area contributed by atoms with Crippen molar-refractivity contribution in [3.63, 3.8) is 0 Å². The lowest BCUT2D eigenvalue weighted by molar-refractivity contribution is -0.118. The van der Waals surface area contributed by atoms with Crippen LogP contribution in [0.15, 0.2) is 12.7 Å². The second-order valence-corrected chi connectivity index (χ2v) is 13.3. The van der Waals surface area contributed by atoms with Gasteiger partial charge >= 0.3 is 0 Å². The minimum atomic E-state index is 0.622. The second-order valence-electron chi connectivity index (χ2n) is 13.3. The number of carbonyl (C=O) groups is 1. The number of rotatable bonds is 7. The highest BCUT2D eigenvalue weighted by Crippen LogP contribution is 2.76. The lowest BCUT2D eigenvalue weighted by Crippen LogP contribution is -2.55. The normalized spacial score (nSPS) is 42.9. The van der Waals surface area contributed by atoms with E-state index in [-0.39, 0.29) is 0 Å². The van der Waals surface area contributed by atoms with E-state index in [1.807, 2.05) is 0 Å². The fraction of sp³-hybridized carbons (Fsp3) is 0.903. The molecule has 1 N–H and O–H groups in total. The summed E-state index contributed by atoms with van der Waals surface area (Å²) in [5.74, 6) is 4.80. The molecule has 2 nitrogen and oxygen atoms in total. The predicted molar refractivity (Wildman–Crippen MR) is 142 cm³/mol. The average molecular weight is 458 g/mol. The Bertz CT molecular complexity index is 651. The summed E-state index contributed by atoms with van der Waals surface area (Å²) in [7, 11) is 2.20. The zero-order valence-corrected chi connectivity index (χ0v) is 22.9. The first-order chi connectivity index (χ1) is 15.7. The van der Waals surface area contributed by atoms with Crippen molar-refractivity contribution < 1.29 is 4.79 Å². The molecule has 4 rings (SSSR count). The van der Waals surface area contributed by atoms with E-state index in [2.05, 4.69) is 53.6 Å². The van der Waals surface area contributed by atoms with Crippen molar-refractivity contribution in [3.05, 3.63) is 12.7 Å². The molecule has 0 aromatic rings. The van der Waals surface area contributed by atoms with Gasteiger partial charge in [-0.15, -0.1) is 0 Å². The fourth-order valence-corrected chi connectivity index (χ4v) is 9.87. The molecule has 0 radical (unpaired) electrons.